The molecule has 1 aromatic carbocycles. The number of alkyl carbamates (subject to hydrolysis) is 1. The van der Waals surface area contributed by atoms with E-state index in [4.69, 9.17) is 15.2 Å². The molecule has 1 aromatic rings. The largest absolute Gasteiger partial charge is 0.416 e. The van der Waals surface area contributed by atoms with Gasteiger partial charge in [0, 0.05) is 26.2 Å². The zero-order valence-electron chi connectivity index (χ0n) is 18.0. The lowest BCUT2D eigenvalue weighted by Gasteiger charge is -2.33. The van der Waals surface area contributed by atoms with Gasteiger partial charge in [-0.3, -0.25) is 10.1 Å². The molecule has 170 valence electrons. The van der Waals surface area contributed by atoms with Crippen molar-refractivity contribution in [1.82, 2.24) is 5.32 Å². The molecule has 0 aromatic heterocycles. The summed E-state index contributed by atoms with van der Waals surface area (Å²) in [5.74, 6) is -3.13. The Bertz CT molecular complexity index is 926. The fraction of sp³-hybridized carbons (Fsp3) is 0.550. The van der Waals surface area contributed by atoms with E-state index in [1.165, 1.54) is 12.1 Å². The Morgan fingerprint density at radius 1 is 1.35 bits per heavy atom. The first kappa shape index (κ1) is 23.7. The van der Waals surface area contributed by atoms with Crippen molar-refractivity contribution >= 4 is 37.1 Å². The van der Waals surface area contributed by atoms with Crippen LogP contribution in [0.1, 0.15) is 18.9 Å². The van der Waals surface area contributed by atoms with E-state index in [9.17, 15) is 18.4 Å². The molecule has 2 amide bonds. The van der Waals surface area contributed by atoms with Crippen LogP contribution < -0.4 is 11.1 Å². The molecule has 0 saturated heterocycles. The van der Waals surface area contributed by atoms with Crippen molar-refractivity contribution in [2.24, 2.45) is 16.6 Å². The van der Waals surface area contributed by atoms with Gasteiger partial charge in [0.1, 0.15) is 11.5 Å². The van der Waals surface area contributed by atoms with Crippen molar-refractivity contribution in [2.45, 2.75) is 49.3 Å². The van der Waals surface area contributed by atoms with Crippen molar-refractivity contribution in [3.8, 4) is 0 Å². The minimum atomic E-state index is -1.31. The van der Waals surface area contributed by atoms with Gasteiger partial charge in [0.2, 0.25) is 5.91 Å². The predicted molar refractivity (Wildman–Crippen MR) is 117 cm³/mol. The highest BCUT2D eigenvalue weighted by Gasteiger charge is 2.71. The summed E-state index contributed by atoms with van der Waals surface area (Å²) >= 11 is 0.939. The number of halogens is 2. The van der Waals surface area contributed by atoms with Gasteiger partial charge >= 0.3 is 6.09 Å². The summed E-state index contributed by atoms with van der Waals surface area (Å²) in [5, 5.41) is 2.34. The fourth-order valence-electron chi connectivity index (χ4n) is 3.64. The monoisotopic (exact) mass is 471 g/mol. The van der Waals surface area contributed by atoms with Gasteiger partial charge in [-0.1, -0.05) is 31.8 Å². The number of carbonyl (C=O) groups excluding carboxylic acids is 2. The number of nitrogens with zero attached hydrogens (tertiary/aromatic N) is 1. The van der Waals surface area contributed by atoms with Crippen LogP contribution in [0.3, 0.4) is 0 Å². The lowest BCUT2D eigenvalue weighted by molar-refractivity contribution is -0.118. The Balaban J connectivity index is 1.73. The Labute approximate surface area is 185 Å². The van der Waals surface area contributed by atoms with Crippen LogP contribution in [0, 0.1) is 17.6 Å². The Morgan fingerprint density at radius 2 is 2.06 bits per heavy atom. The van der Waals surface area contributed by atoms with Crippen LogP contribution in [0.5, 0.6) is 0 Å². The summed E-state index contributed by atoms with van der Waals surface area (Å²) in [5.41, 5.74) is 4.27. The number of aliphatic imine (C=N–C) groups is 1. The van der Waals surface area contributed by atoms with Gasteiger partial charge < -0.3 is 15.2 Å². The molecule has 3 rings (SSSR count). The third-order valence-corrected chi connectivity index (χ3v) is 8.66. The molecule has 1 fully saturated rings. The number of hydrogen-bond donors (Lipinski definition) is 2. The maximum absolute atomic E-state index is 14.6. The molecule has 0 bridgehead atoms. The smallest absolute Gasteiger partial charge is 0.385 e. The molecular formula is C20H27F2N3O4SSi. The summed E-state index contributed by atoms with van der Waals surface area (Å²) in [6.45, 7) is 8.72. The number of rotatable bonds is 7. The molecule has 11 heteroatoms. The molecule has 2 aliphatic rings. The first-order valence-corrected chi connectivity index (χ1v) is 14.5. The number of hydrogen-bond acceptors (Lipinski definition) is 6. The van der Waals surface area contributed by atoms with Crippen molar-refractivity contribution in [2.75, 3.05) is 13.3 Å². The summed E-state index contributed by atoms with van der Waals surface area (Å²) in [4.78, 5) is 28.7. The molecular weight excluding hydrogens is 444 g/mol. The molecule has 1 saturated carbocycles. The average Bonchev–Trinajstić information content (AvgIpc) is 3.40. The van der Waals surface area contributed by atoms with E-state index in [-0.39, 0.29) is 17.5 Å². The van der Waals surface area contributed by atoms with Gasteiger partial charge in [0.25, 0.3) is 5.23 Å². The van der Waals surface area contributed by atoms with Crippen molar-refractivity contribution < 1.29 is 27.8 Å². The topological polar surface area (TPSA) is 103 Å². The maximum atomic E-state index is 14.6. The van der Waals surface area contributed by atoms with E-state index in [0.29, 0.717) is 13.0 Å². The zero-order chi connectivity index (χ0) is 23.0. The minimum Gasteiger partial charge on any atom is -0.385 e. The first-order chi connectivity index (χ1) is 14.4. The number of benzene rings is 1. The molecule has 0 radical (unpaired) electrons. The Kier molecular flexibility index (Phi) is 6.50. The van der Waals surface area contributed by atoms with Gasteiger partial charge in [-0.25, -0.2) is 18.6 Å². The van der Waals surface area contributed by atoms with Crippen molar-refractivity contribution in [3.05, 3.63) is 35.4 Å². The van der Waals surface area contributed by atoms with Crippen LogP contribution in [-0.4, -0.2) is 43.4 Å². The number of ether oxygens (including phenoxy) is 2. The van der Waals surface area contributed by atoms with Crippen LogP contribution >= 0.6 is 11.8 Å². The number of amides is 2. The number of nitrogens with two attached hydrogens (primary N) is 1. The number of thioether (sulfide) groups is 1. The summed E-state index contributed by atoms with van der Waals surface area (Å²) < 4.78 is 38.0. The van der Waals surface area contributed by atoms with Gasteiger partial charge in [0.15, 0.2) is 11.6 Å². The number of primary amides is 1. The van der Waals surface area contributed by atoms with E-state index < -0.39 is 47.9 Å². The van der Waals surface area contributed by atoms with E-state index in [1.54, 1.807) is 6.92 Å². The lowest BCUT2D eigenvalue weighted by atomic mass is 9.85. The quantitative estimate of drug-likeness (QED) is 0.360. The van der Waals surface area contributed by atoms with Gasteiger partial charge in [0.05, 0.1) is 5.54 Å². The number of nitrogens with one attached hydrogen (secondary N) is 1. The average molecular weight is 472 g/mol. The molecule has 0 spiro atoms. The Hall–Kier alpha value is -1.98. The molecule has 3 atom stereocenters. The highest BCUT2D eigenvalue weighted by atomic mass is 32.2. The molecule has 1 heterocycles. The maximum Gasteiger partial charge on any atom is 0.416 e. The van der Waals surface area contributed by atoms with E-state index >= 15 is 0 Å². The van der Waals surface area contributed by atoms with Crippen molar-refractivity contribution in [3.63, 3.8) is 0 Å². The van der Waals surface area contributed by atoms with Crippen LogP contribution in [0.4, 0.5) is 13.6 Å². The highest BCUT2D eigenvalue weighted by Crippen LogP contribution is 2.66. The second kappa shape index (κ2) is 8.51. The molecule has 7 nitrogen and oxygen atoms in total. The third kappa shape index (κ3) is 4.93. The second-order valence-electron chi connectivity index (χ2n) is 9.17. The van der Waals surface area contributed by atoms with Crippen LogP contribution in [0.15, 0.2) is 23.2 Å². The predicted octanol–water partition coefficient (Wildman–Crippen LogP) is 3.57. The molecule has 3 N–H and O–H groups in total. The Morgan fingerprint density at radius 3 is 2.71 bits per heavy atom. The van der Waals surface area contributed by atoms with E-state index in [1.807, 2.05) is 0 Å². The molecule has 31 heavy (non-hydrogen) atoms. The summed E-state index contributed by atoms with van der Waals surface area (Å²) in [7, 11) is -1.24. The normalized spacial score (nSPS) is 27.2. The zero-order valence-corrected chi connectivity index (χ0v) is 19.8. The van der Waals surface area contributed by atoms with Crippen LogP contribution in [0.25, 0.3) is 0 Å². The SMILES string of the molecule is C[C@]1(c2cccc(F)c2F)N=C(OC(=O)NCOCC[Si](C)(C)C)S[C@@]2(C(N)=O)C[C@H]21. The minimum absolute atomic E-state index is 0.0166. The summed E-state index contributed by atoms with van der Waals surface area (Å²) in [6, 6.07) is 4.73. The van der Waals surface area contributed by atoms with Gasteiger partial charge in [-0.15, -0.1) is 0 Å². The molecule has 0 unspecified atom stereocenters. The lowest BCUT2D eigenvalue weighted by Crippen LogP contribution is -2.42. The van der Waals surface area contributed by atoms with Crippen LogP contribution in [-0.2, 0) is 19.8 Å². The number of fused-ring (bicyclic) bond motifs is 1. The third-order valence-electron chi connectivity index (χ3n) is 5.59. The molecule has 1 aliphatic carbocycles. The molecule has 1 aliphatic heterocycles. The summed E-state index contributed by atoms with van der Waals surface area (Å²) in [6.07, 6.45) is -0.503. The van der Waals surface area contributed by atoms with E-state index in [0.717, 1.165) is 23.9 Å². The van der Waals surface area contributed by atoms with Crippen LogP contribution in [0.2, 0.25) is 25.7 Å². The first-order valence-electron chi connectivity index (χ1n) is 9.96. The highest BCUT2D eigenvalue weighted by molar-refractivity contribution is 8.15. The van der Waals surface area contributed by atoms with Crippen molar-refractivity contribution in [1.29, 1.82) is 0 Å². The standard InChI is InChI=1S/C20H27F2N3O4SSi/c1-19(12-6-5-7-13(21)15(12)22)14-10-20(14,16(23)26)30-18(25-19)29-17(27)24-11-28-8-9-31(2,3)4/h5-7,14H,8-11H2,1-4H3,(H2,23,26)(H,24,27)/t14-,19+,20-/m0/s1. The van der Waals surface area contributed by atoms with E-state index in [2.05, 4.69) is 30.0 Å². The van der Waals surface area contributed by atoms with Gasteiger partial charge in [-0.05, 0) is 37.2 Å². The second-order valence-corrected chi connectivity index (χ2v) is 16.1. The number of carbonyl (C=O) groups is 2. The fourth-order valence-corrected chi connectivity index (χ4v) is 5.78. The van der Waals surface area contributed by atoms with Gasteiger partial charge in [-0.2, -0.15) is 0 Å².